The lowest BCUT2D eigenvalue weighted by atomic mass is 9.91. The number of ether oxygens (including phenoxy) is 4. The molecule has 164 valence electrons. The van der Waals surface area contributed by atoms with E-state index in [-0.39, 0.29) is 5.56 Å². The van der Waals surface area contributed by atoms with Crippen molar-refractivity contribution in [3.63, 3.8) is 0 Å². The minimum absolute atomic E-state index is 0.358. The van der Waals surface area contributed by atoms with Gasteiger partial charge in [0.15, 0.2) is 0 Å². The maximum atomic E-state index is 14.0. The van der Waals surface area contributed by atoms with Crippen molar-refractivity contribution in [3.05, 3.63) is 59.7 Å². The summed E-state index contributed by atoms with van der Waals surface area (Å²) in [6.07, 6.45) is -5.95. The Morgan fingerprint density at radius 2 is 1.57 bits per heavy atom. The maximum Gasteiger partial charge on any atom is 0.432 e. The maximum absolute atomic E-state index is 14.0. The number of methoxy groups -OCH3 is 3. The van der Waals surface area contributed by atoms with E-state index in [1.54, 1.807) is 31.2 Å². The summed E-state index contributed by atoms with van der Waals surface area (Å²) in [6, 6.07) is 11.8. The van der Waals surface area contributed by atoms with Crippen molar-refractivity contribution in [2.45, 2.75) is 37.6 Å². The minimum Gasteiger partial charge on any atom is -0.497 e. The lowest BCUT2D eigenvalue weighted by molar-refractivity contribution is -0.278. The smallest absolute Gasteiger partial charge is 0.432 e. The van der Waals surface area contributed by atoms with E-state index in [9.17, 15) is 18.0 Å². The topological polar surface area (TPSA) is 54.0 Å². The third kappa shape index (κ3) is 4.38. The highest BCUT2D eigenvalue weighted by Crippen LogP contribution is 2.44. The molecule has 0 radical (unpaired) electrons. The number of benzene rings is 2. The summed E-state index contributed by atoms with van der Waals surface area (Å²) in [6.45, 7) is 3.24. The molecule has 0 fully saturated rings. The van der Waals surface area contributed by atoms with E-state index in [4.69, 9.17) is 18.9 Å². The Balaban J connectivity index is 2.38. The summed E-state index contributed by atoms with van der Waals surface area (Å²) < 4.78 is 62.7. The van der Waals surface area contributed by atoms with Gasteiger partial charge in [-0.3, -0.25) is 0 Å². The van der Waals surface area contributed by atoms with Crippen LogP contribution in [0.1, 0.15) is 30.9 Å². The minimum atomic E-state index is -5.03. The molecule has 0 spiro atoms. The second-order valence-electron chi connectivity index (χ2n) is 6.76. The molecule has 0 saturated carbocycles. The Hall–Kier alpha value is -2.74. The van der Waals surface area contributed by atoms with E-state index >= 15 is 0 Å². The van der Waals surface area contributed by atoms with Crippen LogP contribution in [0.15, 0.2) is 48.5 Å². The largest absolute Gasteiger partial charge is 0.497 e. The van der Waals surface area contributed by atoms with E-state index in [0.717, 1.165) is 7.11 Å². The van der Waals surface area contributed by atoms with Crippen LogP contribution in [-0.2, 0) is 19.9 Å². The van der Waals surface area contributed by atoms with Crippen LogP contribution in [0.25, 0.3) is 0 Å². The van der Waals surface area contributed by atoms with Crippen molar-refractivity contribution in [1.29, 1.82) is 0 Å². The predicted octanol–water partition coefficient (Wildman–Crippen LogP) is 4.84. The normalized spacial score (nSPS) is 15.6. The van der Waals surface area contributed by atoms with Crippen LogP contribution >= 0.6 is 0 Å². The number of rotatable bonds is 8. The molecule has 0 aliphatic heterocycles. The summed E-state index contributed by atoms with van der Waals surface area (Å²) in [5.41, 5.74) is -2.96. The fourth-order valence-corrected chi connectivity index (χ4v) is 3.19. The van der Waals surface area contributed by atoms with E-state index in [0.29, 0.717) is 17.1 Å². The summed E-state index contributed by atoms with van der Waals surface area (Å²) >= 11 is 0. The Kier molecular flexibility index (Phi) is 7.36. The van der Waals surface area contributed by atoms with Gasteiger partial charge in [0, 0.05) is 24.2 Å². The highest BCUT2D eigenvalue weighted by Gasteiger charge is 2.64. The Bertz CT molecular complexity index is 854. The Morgan fingerprint density at radius 3 is 2.07 bits per heavy atom. The summed E-state index contributed by atoms with van der Waals surface area (Å²) in [5, 5.41) is 0. The summed E-state index contributed by atoms with van der Waals surface area (Å²) in [7, 11) is 3.81. The van der Waals surface area contributed by atoms with Gasteiger partial charge in [-0.25, -0.2) is 4.79 Å². The van der Waals surface area contributed by atoms with Crippen molar-refractivity contribution in [2.24, 2.45) is 0 Å². The van der Waals surface area contributed by atoms with Gasteiger partial charge < -0.3 is 18.9 Å². The van der Waals surface area contributed by atoms with E-state index in [2.05, 4.69) is 0 Å². The van der Waals surface area contributed by atoms with Crippen molar-refractivity contribution in [3.8, 4) is 11.5 Å². The van der Waals surface area contributed by atoms with Gasteiger partial charge in [-0.2, -0.15) is 13.2 Å². The summed E-state index contributed by atoms with van der Waals surface area (Å²) in [5.74, 6) is -0.979. The van der Waals surface area contributed by atoms with Gasteiger partial charge in [0.2, 0.25) is 0 Å². The average molecular weight is 426 g/mol. The zero-order valence-electron chi connectivity index (χ0n) is 17.4. The van der Waals surface area contributed by atoms with Crippen molar-refractivity contribution < 1.29 is 36.9 Å². The molecule has 2 aromatic rings. The number of carbonyl (C=O) groups is 1. The summed E-state index contributed by atoms with van der Waals surface area (Å²) in [4.78, 5) is 12.8. The molecule has 30 heavy (non-hydrogen) atoms. The molecule has 0 aliphatic carbocycles. The second kappa shape index (κ2) is 9.38. The van der Waals surface area contributed by atoms with Crippen LogP contribution < -0.4 is 9.47 Å². The van der Waals surface area contributed by atoms with Crippen molar-refractivity contribution in [1.82, 2.24) is 0 Å². The van der Waals surface area contributed by atoms with Crippen LogP contribution in [0.5, 0.6) is 11.5 Å². The SMILES string of the molecule is COc1ccc(OC)c([C@@H](C)[C@@H](C)OC(=O)[C@@](OC)(c2ccccc2)C(F)(F)F)c1. The molecule has 0 aliphatic rings. The Morgan fingerprint density at radius 1 is 0.933 bits per heavy atom. The first-order valence-corrected chi connectivity index (χ1v) is 9.22. The zero-order chi connectivity index (χ0) is 22.5. The van der Waals surface area contributed by atoms with Crippen LogP contribution in [0.3, 0.4) is 0 Å². The van der Waals surface area contributed by atoms with Gasteiger partial charge in [-0.05, 0) is 25.1 Å². The quantitative estimate of drug-likeness (QED) is 0.566. The first-order chi connectivity index (χ1) is 14.1. The molecule has 0 saturated heterocycles. The van der Waals surface area contributed by atoms with Crippen molar-refractivity contribution >= 4 is 5.97 Å². The van der Waals surface area contributed by atoms with E-state index in [1.807, 2.05) is 0 Å². The monoisotopic (exact) mass is 426 g/mol. The van der Waals surface area contributed by atoms with Gasteiger partial charge in [-0.15, -0.1) is 0 Å². The first-order valence-electron chi connectivity index (χ1n) is 9.22. The second-order valence-corrected chi connectivity index (χ2v) is 6.76. The van der Waals surface area contributed by atoms with Crippen LogP contribution in [0.2, 0.25) is 0 Å². The molecule has 3 atom stereocenters. The molecular weight excluding hydrogens is 401 g/mol. The van der Waals surface area contributed by atoms with Crippen LogP contribution in [0, 0.1) is 0 Å². The number of hydrogen-bond donors (Lipinski definition) is 0. The highest BCUT2D eigenvalue weighted by atomic mass is 19.4. The molecule has 0 aromatic heterocycles. The lowest BCUT2D eigenvalue weighted by Crippen LogP contribution is -2.52. The molecule has 0 amide bonds. The van der Waals surface area contributed by atoms with Crippen molar-refractivity contribution in [2.75, 3.05) is 21.3 Å². The molecule has 8 heteroatoms. The number of carbonyl (C=O) groups excluding carboxylic acids is 1. The van der Waals surface area contributed by atoms with Gasteiger partial charge in [-0.1, -0.05) is 37.3 Å². The number of alkyl halides is 3. The lowest BCUT2D eigenvalue weighted by Gasteiger charge is -2.34. The van der Waals surface area contributed by atoms with Gasteiger partial charge in [0.25, 0.3) is 5.60 Å². The number of hydrogen-bond acceptors (Lipinski definition) is 5. The standard InChI is InChI=1S/C22H25F3O5/c1-14(18-13-17(27-3)11-12-19(18)28-4)15(2)30-20(26)21(29-5,22(23,24)25)16-9-7-6-8-10-16/h6-15H,1-5H3/t14-,15+,21-/m0/s1. The zero-order valence-corrected chi connectivity index (χ0v) is 17.4. The number of esters is 1. The fourth-order valence-electron chi connectivity index (χ4n) is 3.19. The number of halogens is 3. The highest BCUT2D eigenvalue weighted by molar-refractivity contribution is 5.83. The third-order valence-corrected chi connectivity index (χ3v) is 5.10. The molecule has 0 bridgehead atoms. The molecule has 0 heterocycles. The van der Waals surface area contributed by atoms with E-state index < -0.39 is 29.8 Å². The van der Waals surface area contributed by atoms with Crippen LogP contribution in [-0.4, -0.2) is 39.6 Å². The van der Waals surface area contributed by atoms with Gasteiger partial charge in [0.05, 0.1) is 14.2 Å². The Labute approximate surface area is 173 Å². The molecular formula is C22H25F3O5. The average Bonchev–Trinajstić information content (AvgIpc) is 2.73. The predicted molar refractivity (Wildman–Crippen MR) is 105 cm³/mol. The first kappa shape index (κ1) is 23.5. The third-order valence-electron chi connectivity index (χ3n) is 5.10. The molecule has 2 aromatic carbocycles. The molecule has 0 unspecified atom stereocenters. The van der Waals surface area contributed by atoms with Crippen LogP contribution in [0.4, 0.5) is 13.2 Å². The van der Waals surface area contributed by atoms with Gasteiger partial charge in [0.1, 0.15) is 17.6 Å². The molecule has 5 nitrogen and oxygen atoms in total. The van der Waals surface area contributed by atoms with Gasteiger partial charge >= 0.3 is 12.1 Å². The molecule has 0 N–H and O–H groups in total. The fraction of sp³-hybridized carbons (Fsp3) is 0.409. The molecule has 2 rings (SSSR count). The van der Waals surface area contributed by atoms with E-state index in [1.165, 1.54) is 45.4 Å².